The van der Waals surface area contributed by atoms with Crippen LogP contribution in [-0.4, -0.2) is 37.1 Å². The highest BCUT2D eigenvalue weighted by atomic mass is 15.2. The summed E-state index contributed by atoms with van der Waals surface area (Å²) in [6, 6.07) is 0.684. The van der Waals surface area contributed by atoms with Crippen LogP contribution in [0, 0.1) is 5.41 Å². The standard InChI is InChI=1S/C12H26N2/c1-5-12(7-8-13-9-12)10-14(6-2)11(3)4/h11,13H,5-10H2,1-4H3. The topological polar surface area (TPSA) is 15.3 Å². The minimum Gasteiger partial charge on any atom is -0.316 e. The molecule has 2 heteroatoms. The first-order chi connectivity index (χ1) is 6.63. The first-order valence-electron chi connectivity index (χ1n) is 6.08. The Labute approximate surface area is 89.1 Å². The van der Waals surface area contributed by atoms with E-state index in [9.17, 15) is 0 Å². The third-order valence-corrected chi connectivity index (χ3v) is 3.76. The zero-order chi connectivity index (χ0) is 10.6. The Morgan fingerprint density at radius 2 is 2.07 bits per heavy atom. The van der Waals surface area contributed by atoms with Gasteiger partial charge in [0.2, 0.25) is 0 Å². The Morgan fingerprint density at radius 3 is 2.43 bits per heavy atom. The van der Waals surface area contributed by atoms with E-state index in [2.05, 4.69) is 37.9 Å². The molecule has 2 nitrogen and oxygen atoms in total. The van der Waals surface area contributed by atoms with Crippen molar-refractivity contribution in [1.82, 2.24) is 10.2 Å². The Hall–Kier alpha value is -0.0800. The average Bonchev–Trinajstić information content (AvgIpc) is 2.63. The molecule has 0 radical (unpaired) electrons. The van der Waals surface area contributed by atoms with Gasteiger partial charge in [-0.2, -0.15) is 0 Å². The summed E-state index contributed by atoms with van der Waals surface area (Å²) in [5.41, 5.74) is 0.556. The van der Waals surface area contributed by atoms with Crippen molar-refractivity contribution < 1.29 is 0 Å². The molecular formula is C12H26N2. The highest BCUT2D eigenvalue weighted by molar-refractivity contribution is 4.89. The molecule has 0 aromatic rings. The van der Waals surface area contributed by atoms with E-state index in [0.717, 1.165) is 0 Å². The highest BCUT2D eigenvalue weighted by Gasteiger charge is 2.33. The summed E-state index contributed by atoms with van der Waals surface area (Å²) >= 11 is 0. The zero-order valence-corrected chi connectivity index (χ0v) is 10.3. The van der Waals surface area contributed by atoms with Crippen LogP contribution in [0.25, 0.3) is 0 Å². The highest BCUT2D eigenvalue weighted by Crippen LogP contribution is 2.30. The van der Waals surface area contributed by atoms with Crippen LogP contribution in [0.15, 0.2) is 0 Å². The van der Waals surface area contributed by atoms with E-state index in [1.807, 2.05) is 0 Å². The molecule has 1 N–H and O–H groups in total. The largest absolute Gasteiger partial charge is 0.316 e. The number of hydrogen-bond acceptors (Lipinski definition) is 2. The van der Waals surface area contributed by atoms with E-state index < -0.39 is 0 Å². The fourth-order valence-corrected chi connectivity index (χ4v) is 2.43. The summed E-state index contributed by atoms with van der Waals surface area (Å²) < 4.78 is 0. The van der Waals surface area contributed by atoms with E-state index in [1.54, 1.807) is 0 Å². The van der Waals surface area contributed by atoms with Gasteiger partial charge in [-0.3, -0.25) is 0 Å². The number of rotatable bonds is 5. The first-order valence-corrected chi connectivity index (χ1v) is 6.08. The Bertz CT molecular complexity index is 160. The minimum atomic E-state index is 0.556. The van der Waals surface area contributed by atoms with Crippen LogP contribution >= 0.6 is 0 Å². The molecule has 0 bridgehead atoms. The second-order valence-corrected chi connectivity index (χ2v) is 4.94. The normalized spacial score (nSPS) is 27.9. The average molecular weight is 198 g/mol. The summed E-state index contributed by atoms with van der Waals surface area (Å²) in [7, 11) is 0. The molecule has 1 fully saturated rings. The lowest BCUT2D eigenvalue weighted by Gasteiger charge is -2.35. The summed E-state index contributed by atoms with van der Waals surface area (Å²) in [5, 5.41) is 3.51. The number of nitrogens with one attached hydrogen (secondary N) is 1. The maximum absolute atomic E-state index is 3.51. The molecule has 1 heterocycles. The number of nitrogens with zero attached hydrogens (tertiary/aromatic N) is 1. The van der Waals surface area contributed by atoms with Gasteiger partial charge in [-0.05, 0) is 45.2 Å². The van der Waals surface area contributed by atoms with Gasteiger partial charge in [-0.25, -0.2) is 0 Å². The predicted octanol–water partition coefficient (Wildman–Crippen LogP) is 2.11. The molecule has 1 saturated heterocycles. The second kappa shape index (κ2) is 5.13. The van der Waals surface area contributed by atoms with Crippen LogP contribution in [-0.2, 0) is 0 Å². The van der Waals surface area contributed by atoms with Crippen molar-refractivity contribution in [3.05, 3.63) is 0 Å². The quantitative estimate of drug-likeness (QED) is 0.728. The smallest absolute Gasteiger partial charge is 0.00531 e. The molecular weight excluding hydrogens is 172 g/mol. The molecule has 0 aromatic carbocycles. The molecule has 1 unspecified atom stereocenters. The summed E-state index contributed by atoms with van der Waals surface area (Å²) in [5.74, 6) is 0. The molecule has 0 aliphatic carbocycles. The summed E-state index contributed by atoms with van der Waals surface area (Å²) in [6.45, 7) is 14.1. The molecule has 1 aliphatic heterocycles. The van der Waals surface area contributed by atoms with E-state index in [1.165, 1.54) is 39.0 Å². The monoisotopic (exact) mass is 198 g/mol. The van der Waals surface area contributed by atoms with Gasteiger partial charge in [-0.1, -0.05) is 13.8 Å². The molecule has 1 atom stereocenters. The van der Waals surface area contributed by atoms with Crippen molar-refractivity contribution in [3.8, 4) is 0 Å². The van der Waals surface area contributed by atoms with Crippen molar-refractivity contribution in [2.24, 2.45) is 5.41 Å². The Morgan fingerprint density at radius 1 is 1.36 bits per heavy atom. The number of hydrogen-bond donors (Lipinski definition) is 1. The third kappa shape index (κ3) is 2.71. The lowest BCUT2D eigenvalue weighted by molar-refractivity contribution is 0.135. The third-order valence-electron chi connectivity index (χ3n) is 3.76. The Kier molecular flexibility index (Phi) is 4.39. The van der Waals surface area contributed by atoms with Gasteiger partial charge in [0, 0.05) is 19.1 Å². The van der Waals surface area contributed by atoms with Gasteiger partial charge >= 0.3 is 0 Å². The molecule has 84 valence electrons. The predicted molar refractivity (Wildman–Crippen MR) is 62.6 cm³/mol. The molecule has 14 heavy (non-hydrogen) atoms. The summed E-state index contributed by atoms with van der Waals surface area (Å²) in [6.07, 6.45) is 2.66. The van der Waals surface area contributed by atoms with Crippen LogP contribution in [0.5, 0.6) is 0 Å². The fourth-order valence-electron chi connectivity index (χ4n) is 2.43. The van der Waals surface area contributed by atoms with Crippen LogP contribution < -0.4 is 5.32 Å². The second-order valence-electron chi connectivity index (χ2n) is 4.94. The van der Waals surface area contributed by atoms with Crippen molar-refractivity contribution in [3.63, 3.8) is 0 Å². The maximum Gasteiger partial charge on any atom is 0.00531 e. The lowest BCUT2D eigenvalue weighted by Crippen LogP contribution is -2.42. The van der Waals surface area contributed by atoms with E-state index >= 15 is 0 Å². The first kappa shape index (κ1) is 12.0. The van der Waals surface area contributed by atoms with Crippen LogP contribution in [0.1, 0.15) is 40.5 Å². The van der Waals surface area contributed by atoms with Crippen molar-refractivity contribution in [2.45, 2.75) is 46.6 Å². The lowest BCUT2D eigenvalue weighted by atomic mass is 9.83. The molecule has 0 saturated carbocycles. The van der Waals surface area contributed by atoms with Gasteiger partial charge in [-0.15, -0.1) is 0 Å². The van der Waals surface area contributed by atoms with Gasteiger partial charge in [0.1, 0.15) is 0 Å². The van der Waals surface area contributed by atoms with Gasteiger partial charge < -0.3 is 10.2 Å². The maximum atomic E-state index is 3.51. The molecule has 1 aliphatic rings. The minimum absolute atomic E-state index is 0.556. The zero-order valence-electron chi connectivity index (χ0n) is 10.3. The van der Waals surface area contributed by atoms with Gasteiger partial charge in [0.05, 0.1) is 0 Å². The van der Waals surface area contributed by atoms with Crippen LogP contribution in [0.4, 0.5) is 0 Å². The van der Waals surface area contributed by atoms with Crippen LogP contribution in [0.2, 0.25) is 0 Å². The van der Waals surface area contributed by atoms with E-state index in [4.69, 9.17) is 0 Å². The van der Waals surface area contributed by atoms with Gasteiger partial charge in [0.25, 0.3) is 0 Å². The van der Waals surface area contributed by atoms with Crippen LogP contribution in [0.3, 0.4) is 0 Å². The SMILES string of the molecule is CCN(CC1(CC)CCNC1)C(C)C. The molecule has 1 rings (SSSR count). The fraction of sp³-hybridized carbons (Fsp3) is 1.00. The van der Waals surface area contributed by atoms with E-state index in [-0.39, 0.29) is 0 Å². The van der Waals surface area contributed by atoms with Gasteiger partial charge in [0.15, 0.2) is 0 Å². The van der Waals surface area contributed by atoms with Crippen molar-refractivity contribution >= 4 is 0 Å². The Balaban J connectivity index is 2.53. The van der Waals surface area contributed by atoms with Crippen molar-refractivity contribution in [2.75, 3.05) is 26.2 Å². The van der Waals surface area contributed by atoms with E-state index in [0.29, 0.717) is 11.5 Å². The molecule has 0 spiro atoms. The molecule has 0 aromatic heterocycles. The van der Waals surface area contributed by atoms with Crippen molar-refractivity contribution in [1.29, 1.82) is 0 Å². The molecule has 0 amide bonds. The summed E-state index contributed by atoms with van der Waals surface area (Å²) in [4.78, 5) is 2.59.